The quantitative estimate of drug-likeness (QED) is 0.605. The molecule has 1 saturated heterocycles. The molecule has 1 amide bonds. The number of piperazine rings is 1. The maximum absolute atomic E-state index is 12.8. The summed E-state index contributed by atoms with van der Waals surface area (Å²) in [6.45, 7) is 3.55. The fourth-order valence-electron chi connectivity index (χ4n) is 3.92. The fraction of sp³-hybridized carbons (Fsp3) is 0.292. The number of nitrogens with zero attached hydrogens (tertiary/aromatic N) is 2. The van der Waals surface area contributed by atoms with Gasteiger partial charge in [-0.3, -0.25) is 9.69 Å². The average molecular weight is 443 g/mol. The first-order valence-electron chi connectivity index (χ1n) is 10.4. The van der Waals surface area contributed by atoms with Crippen molar-refractivity contribution in [2.24, 2.45) is 0 Å². The molecule has 1 N–H and O–H groups in total. The van der Waals surface area contributed by atoms with Crippen LogP contribution in [0.3, 0.4) is 0 Å². The van der Waals surface area contributed by atoms with Crippen molar-refractivity contribution in [2.75, 3.05) is 37.6 Å². The third-order valence-electron chi connectivity index (χ3n) is 5.68. The summed E-state index contributed by atoms with van der Waals surface area (Å²) in [7, 11) is 0. The normalized spacial score (nSPS) is 16.0. The van der Waals surface area contributed by atoms with E-state index in [9.17, 15) is 18.0 Å². The second kappa shape index (κ2) is 9.48. The Morgan fingerprint density at radius 1 is 0.938 bits per heavy atom. The molecule has 1 aromatic heterocycles. The van der Waals surface area contributed by atoms with E-state index in [4.69, 9.17) is 4.42 Å². The molecule has 0 aliphatic carbocycles. The van der Waals surface area contributed by atoms with Gasteiger partial charge in [0.05, 0.1) is 17.9 Å². The van der Waals surface area contributed by atoms with Gasteiger partial charge in [0, 0.05) is 44.0 Å². The van der Waals surface area contributed by atoms with Crippen molar-refractivity contribution >= 4 is 11.6 Å². The number of hydrogen-bond donors (Lipinski definition) is 1. The van der Waals surface area contributed by atoms with Gasteiger partial charge < -0.3 is 14.6 Å². The summed E-state index contributed by atoms with van der Waals surface area (Å²) < 4.78 is 43.9. The van der Waals surface area contributed by atoms with Gasteiger partial charge >= 0.3 is 6.18 Å². The lowest BCUT2D eigenvalue weighted by atomic mass is 10.1. The van der Waals surface area contributed by atoms with Crippen LogP contribution < -0.4 is 10.2 Å². The molecule has 0 unspecified atom stereocenters. The summed E-state index contributed by atoms with van der Waals surface area (Å²) in [5.74, 6) is 0.323. The van der Waals surface area contributed by atoms with E-state index in [-0.39, 0.29) is 11.6 Å². The largest absolute Gasteiger partial charge is 0.468 e. The predicted molar refractivity (Wildman–Crippen MR) is 115 cm³/mol. The van der Waals surface area contributed by atoms with Gasteiger partial charge in [-0.15, -0.1) is 0 Å². The number of carbonyl (C=O) groups excluding carboxylic acids is 1. The number of para-hydroxylation sites is 1. The molecule has 1 aliphatic heterocycles. The minimum absolute atomic E-state index is 0.165. The lowest BCUT2D eigenvalue weighted by Gasteiger charge is -2.39. The van der Waals surface area contributed by atoms with Gasteiger partial charge in [0.25, 0.3) is 5.91 Å². The van der Waals surface area contributed by atoms with E-state index in [1.165, 1.54) is 17.8 Å². The molecule has 32 heavy (non-hydrogen) atoms. The summed E-state index contributed by atoms with van der Waals surface area (Å²) in [5, 5.41) is 2.85. The van der Waals surface area contributed by atoms with Crippen LogP contribution in [0.5, 0.6) is 0 Å². The molecular formula is C24H24F3N3O2. The van der Waals surface area contributed by atoms with Crippen LogP contribution in [0.2, 0.25) is 0 Å². The van der Waals surface area contributed by atoms with Crippen LogP contribution >= 0.6 is 0 Å². The summed E-state index contributed by atoms with van der Waals surface area (Å²) >= 11 is 0. The predicted octanol–water partition coefficient (Wildman–Crippen LogP) is 4.59. The Kier molecular flexibility index (Phi) is 6.50. The molecule has 0 radical (unpaired) electrons. The first kappa shape index (κ1) is 22.0. The zero-order valence-electron chi connectivity index (χ0n) is 17.4. The molecule has 1 aliphatic rings. The molecule has 1 fully saturated rings. The van der Waals surface area contributed by atoms with Gasteiger partial charge in [0.1, 0.15) is 5.76 Å². The minimum Gasteiger partial charge on any atom is -0.468 e. The van der Waals surface area contributed by atoms with Crippen LogP contribution in [0.4, 0.5) is 18.9 Å². The van der Waals surface area contributed by atoms with Gasteiger partial charge in [0.15, 0.2) is 0 Å². The number of amides is 1. The van der Waals surface area contributed by atoms with E-state index in [1.54, 1.807) is 12.3 Å². The summed E-state index contributed by atoms with van der Waals surface area (Å²) in [6.07, 6.45) is -2.83. The van der Waals surface area contributed by atoms with E-state index in [0.717, 1.165) is 44.1 Å². The van der Waals surface area contributed by atoms with Crippen molar-refractivity contribution in [1.29, 1.82) is 0 Å². The SMILES string of the molecule is O=C(NC[C@H](c1ccco1)N1CCN(c2ccccc2)CC1)c1ccc(C(F)(F)F)cc1. The maximum atomic E-state index is 12.8. The molecule has 168 valence electrons. The van der Waals surface area contributed by atoms with E-state index in [2.05, 4.69) is 27.2 Å². The van der Waals surface area contributed by atoms with Crippen LogP contribution in [0.25, 0.3) is 0 Å². The molecule has 0 saturated carbocycles. The lowest BCUT2D eigenvalue weighted by Crippen LogP contribution is -2.49. The molecule has 3 aromatic rings. The first-order chi connectivity index (χ1) is 15.4. The van der Waals surface area contributed by atoms with Gasteiger partial charge in [-0.25, -0.2) is 0 Å². The van der Waals surface area contributed by atoms with Gasteiger partial charge in [0.2, 0.25) is 0 Å². The van der Waals surface area contributed by atoms with Crippen molar-refractivity contribution < 1.29 is 22.4 Å². The van der Waals surface area contributed by atoms with Crippen LogP contribution in [0.1, 0.15) is 27.7 Å². The number of anilines is 1. The van der Waals surface area contributed by atoms with Crippen molar-refractivity contribution in [3.05, 3.63) is 89.9 Å². The summed E-state index contributed by atoms with van der Waals surface area (Å²) in [4.78, 5) is 17.1. The number of furan rings is 1. The number of benzene rings is 2. The van der Waals surface area contributed by atoms with Crippen LogP contribution in [-0.4, -0.2) is 43.5 Å². The summed E-state index contributed by atoms with van der Waals surface area (Å²) in [5.41, 5.74) is 0.584. The number of halogens is 3. The van der Waals surface area contributed by atoms with Crippen LogP contribution in [-0.2, 0) is 6.18 Å². The lowest BCUT2D eigenvalue weighted by molar-refractivity contribution is -0.137. The third-order valence-corrected chi connectivity index (χ3v) is 5.68. The Labute approximate surface area is 184 Å². The van der Waals surface area contributed by atoms with Crippen molar-refractivity contribution in [3.8, 4) is 0 Å². The Morgan fingerprint density at radius 2 is 1.62 bits per heavy atom. The maximum Gasteiger partial charge on any atom is 0.416 e. The van der Waals surface area contributed by atoms with Crippen LogP contribution in [0.15, 0.2) is 77.4 Å². The monoisotopic (exact) mass is 443 g/mol. The Balaban J connectivity index is 1.39. The molecule has 8 heteroatoms. The molecule has 0 spiro atoms. The third kappa shape index (κ3) is 5.13. The second-order valence-corrected chi connectivity index (χ2v) is 7.67. The van der Waals surface area contributed by atoms with Crippen molar-refractivity contribution in [3.63, 3.8) is 0 Å². The van der Waals surface area contributed by atoms with Crippen molar-refractivity contribution in [2.45, 2.75) is 12.2 Å². The Bertz CT molecular complexity index is 997. The van der Waals surface area contributed by atoms with E-state index in [1.807, 2.05) is 24.3 Å². The number of carbonyl (C=O) groups is 1. The van der Waals surface area contributed by atoms with E-state index < -0.39 is 17.6 Å². The highest BCUT2D eigenvalue weighted by Crippen LogP contribution is 2.29. The van der Waals surface area contributed by atoms with Gasteiger partial charge in [-0.05, 0) is 48.5 Å². The summed E-state index contributed by atoms with van der Waals surface area (Å²) in [6, 6.07) is 17.9. The standard InChI is InChI=1S/C24H24F3N3O2/c25-24(26,27)19-10-8-18(9-11-19)23(31)28-17-21(22-7-4-16-32-22)30-14-12-29(13-15-30)20-5-2-1-3-6-20/h1-11,16,21H,12-15,17H2,(H,28,31)/t21-/m1/s1. The number of rotatable bonds is 6. The number of hydrogen-bond acceptors (Lipinski definition) is 4. The molecule has 2 aromatic carbocycles. The fourth-order valence-corrected chi connectivity index (χ4v) is 3.92. The van der Waals surface area contributed by atoms with Crippen molar-refractivity contribution in [1.82, 2.24) is 10.2 Å². The minimum atomic E-state index is -4.43. The average Bonchev–Trinajstić information content (AvgIpc) is 3.34. The molecule has 4 rings (SSSR count). The number of alkyl halides is 3. The topological polar surface area (TPSA) is 48.7 Å². The Morgan fingerprint density at radius 3 is 2.22 bits per heavy atom. The van der Waals surface area contributed by atoms with E-state index >= 15 is 0 Å². The first-order valence-corrected chi connectivity index (χ1v) is 10.4. The highest BCUT2D eigenvalue weighted by atomic mass is 19.4. The highest BCUT2D eigenvalue weighted by Gasteiger charge is 2.31. The highest BCUT2D eigenvalue weighted by molar-refractivity contribution is 5.94. The molecule has 1 atom stereocenters. The second-order valence-electron chi connectivity index (χ2n) is 7.67. The van der Waals surface area contributed by atoms with Gasteiger partial charge in [-0.2, -0.15) is 13.2 Å². The molecular weight excluding hydrogens is 419 g/mol. The van der Waals surface area contributed by atoms with E-state index in [0.29, 0.717) is 6.54 Å². The molecule has 2 heterocycles. The smallest absolute Gasteiger partial charge is 0.416 e. The van der Waals surface area contributed by atoms with Crippen LogP contribution in [0, 0.1) is 0 Å². The molecule has 0 bridgehead atoms. The Hall–Kier alpha value is -3.26. The molecule has 5 nitrogen and oxygen atoms in total. The zero-order valence-corrected chi connectivity index (χ0v) is 17.4. The zero-order chi connectivity index (χ0) is 22.6. The van der Waals surface area contributed by atoms with Gasteiger partial charge in [-0.1, -0.05) is 18.2 Å². The number of nitrogens with one attached hydrogen (secondary N) is 1.